The first kappa shape index (κ1) is 16.3. The summed E-state index contributed by atoms with van der Waals surface area (Å²) in [5, 5.41) is 9.78. The Morgan fingerprint density at radius 1 is 1.39 bits per heavy atom. The molecule has 0 aromatic carbocycles. The highest BCUT2D eigenvalue weighted by Crippen LogP contribution is 2.25. The summed E-state index contributed by atoms with van der Waals surface area (Å²) in [6, 6.07) is 1.83. The Hall–Kier alpha value is -1.61. The fraction of sp³-hybridized carbons (Fsp3) is 0.714. The third-order valence-corrected chi connectivity index (χ3v) is 6.47. The van der Waals surface area contributed by atoms with E-state index in [4.69, 9.17) is 0 Å². The summed E-state index contributed by atoms with van der Waals surface area (Å²) in [5.41, 5.74) is 1.06. The lowest BCUT2D eigenvalue weighted by Gasteiger charge is -2.32. The summed E-state index contributed by atoms with van der Waals surface area (Å²) < 4.78 is 24.9. The summed E-state index contributed by atoms with van der Waals surface area (Å²) >= 11 is 0. The summed E-state index contributed by atoms with van der Waals surface area (Å²) in [5.74, 6) is 0.509. The van der Waals surface area contributed by atoms with Crippen LogP contribution in [0.25, 0.3) is 0 Å². The smallest absolute Gasteiger partial charge is 0.317 e. The van der Waals surface area contributed by atoms with Crippen LogP contribution in [0.5, 0.6) is 0 Å². The number of H-pyrrole nitrogens is 1. The van der Waals surface area contributed by atoms with Gasteiger partial charge >= 0.3 is 6.03 Å². The molecule has 23 heavy (non-hydrogen) atoms. The lowest BCUT2D eigenvalue weighted by molar-refractivity contribution is 0.178. The van der Waals surface area contributed by atoms with E-state index >= 15 is 0 Å². The van der Waals surface area contributed by atoms with Gasteiger partial charge in [0.2, 0.25) is 10.0 Å². The van der Waals surface area contributed by atoms with Gasteiger partial charge in [0.25, 0.3) is 0 Å². The first-order valence-electron chi connectivity index (χ1n) is 8.06. The molecule has 2 aliphatic heterocycles. The fourth-order valence-electron chi connectivity index (χ4n) is 3.25. The molecule has 1 atom stereocenters. The topological polar surface area (TPSA) is 98.4 Å². The molecule has 8 nitrogen and oxygen atoms in total. The molecule has 0 saturated carbocycles. The van der Waals surface area contributed by atoms with Crippen LogP contribution in [0.3, 0.4) is 0 Å². The molecule has 2 saturated heterocycles. The molecule has 0 unspecified atom stereocenters. The normalized spacial score (nSPS) is 24.7. The number of urea groups is 1. The Labute approximate surface area is 136 Å². The van der Waals surface area contributed by atoms with E-state index in [1.165, 1.54) is 4.31 Å². The Kier molecular flexibility index (Phi) is 4.86. The zero-order valence-corrected chi connectivity index (χ0v) is 13.9. The van der Waals surface area contributed by atoms with Gasteiger partial charge in [0.05, 0.1) is 5.75 Å². The number of carbonyl (C=O) groups excluding carboxylic acids is 1. The summed E-state index contributed by atoms with van der Waals surface area (Å²) in [6.07, 6.45) is 4.40. The number of aromatic nitrogens is 2. The predicted molar refractivity (Wildman–Crippen MR) is 85.5 cm³/mol. The van der Waals surface area contributed by atoms with E-state index in [2.05, 4.69) is 15.5 Å². The van der Waals surface area contributed by atoms with Crippen molar-refractivity contribution in [3.05, 3.63) is 18.0 Å². The monoisotopic (exact) mass is 341 g/mol. The zero-order chi connectivity index (χ0) is 16.3. The molecule has 0 bridgehead atoms. The van der Waals surface area contributed by atoms with Crippen LogP contribution in [0.4, 0.5) is 4.79 Å². The number of aromatic amines is 1. The van der Waals surface area contributed by atoms with E-state index in [0.717, 1.165) is 25.1 Å². The van der Waals surface area contributed by atoms with Crippen LogP contribution < -0.4 is 5.32 Å². The van der Waals surface area contributed by atoms with Crippen molar-refractivity contribution < 1.29 is 13.2 Å². The second-order valence-electron chi connectivity index (χ2n) is 6.10. The van der Waals surface area contributed by atoms with E-state index in [1.54, 1.807) is 11.1 Å². The summed E-state index contributed by atoms with van der Waals surface area (Å²) in [6.45, 7) is 2.66. The van der Waals surface area contributed by atoms with E-state index in [1.807, 2.05) is 6.07 Å². The highest BCUT2D eigenvalue weighted by Gasteiger charge is 2.28. The van der Waals surface area contributed by atoms with E-state index in [-0.39, 0.29) is 17.7 Å². The van der Waals surface area contributed by atoms with Gasteiger partial charge in [0.15, 0.2) is 0 Å². The van der Waals surface area contributed by atoms with Gasteiger partial charge in [-0.2, -0.15) is 5.10 Å². The van der Waals surface area contributed by atoms with Gasteiger partial charge in [0, 0.05) is 50.5 Å². The Morgan fingerprint density at radius 2 is 2.26 bits per heavy atom. The van der Waals surface area contributed by atoms with Crippen molar-refractivity contribution in [2.45, 2.75) is 25.2 Å². The number of nitrogens with one attached hydrogen (secondary N) is 2. The van der Waals surface area contributed by atoms with Crippen LogP contribution >= 0.6 is 0 Å². The first-order valence-corrected chi connectivity index (χ1v) is 9.67. The molecule has 0 aliphatic carbocycles. The molecule has 0 spiro atoms. The predicted octanol–water partition coefficient (Wildman–Crippen LogP) is 0.334. The van der Waals surface area contributed by atoms with Crippen molar-refractivity contribution in [1.82, 2.24) is 24.7 Å². The molecule has 1 aromatic heterocycles. The Balaban J connectivity index is 1.46. The minimum atomic E-state index is -3.09. The van der Waals surface area contributed by atoms with Crippen molar-refractivity contribution >= 4 is 16.1 Å². The molecule has 2 fully saturated rings. The van der Waals surface area contributed by atoms with Gasteiger partial charge in [-0.05, 0) is 25.3 Å². The maximum Gasteiger partial charge on any atom is 0.317 e. The molecule has 2 aliphatic rings. The average molecular weight is 341 g/mol. The van der Waals surface area contributed by atoms with Crippen molar-refractivity contribution in [2.75, 3.05) is 38.5 Å². The number of nitrogens with zero attached hydrogens (tertiary/aromatic N) is 3. The van der Waals surface area contributed by atoms with Gasteiger partial charge in [-0.1, -0.05) is 0 Å². The number of hydrogen-bond donors (Lipinski definition) is 2. The van der Waals surface area contributed by atoms with E-state index in [9.17, 15) is 13.2 Å². The summed E-state index contributed by atoms with van der Waals surface area (Å²) in [4.78, 5) is 14.1. The van der Waals surface area contributed by atoms with Crippen LogP contribution in [-0.4, -0.2) is 72.3 Å². The van der Waals surface area contributed by atoms with E-state index in [0.29, 0.717) is 32.6 Å². The molecule has 9 heteroatoms. The summed E-state index contributed by atoms with van der Waals surface area (Å²) in [7, 11) is -3.09. The largest absolute Gasteiger partial charge is 0.337 e. The van der Waals surface area contributed by atoms with E-state index < -0.39 is 10.0 Å². The maximum atomic E-state index is 12.3. The lowest BCUT2D eigenvalue weighted by Crippen LogP contribution is -2.47. The Morgan fingerprint density at radius 3 is 2.96 bits per heavy atom. The first-order chi connectivity index (χ1) is 11.1. The van der Waals surface area contributed by atoms with Crippen LogP contribution in [0.2, 0.25) is 0 Å². The number of hydrogen-bond acceptors (Lipinski definition) is 4. The van der Waals surface area contributed by atoms with Crippen LogP contribution in [0, 0.1) is 0 Å². The zero-order valence-electron chi connectivity index (χ0n) is 13.1. The van der Waals surface area contributed by atoms with Gasteiger partial charge in [-0.15, -0.1) is 0 Å². The van der Waals surface area contributed by atoms with Crippen molar-refractivity contribution in [3.8, 4) is 0 Å². The molecule has 2 N–H and O–H groups in total. The third-order valence-electron chi connectivity index (χ3n) is 4.51. The van der Waals surface area contributed by atoms with Crippen molar-refractivity contribution in [2.24, 2.45) is 0 Å². The second kappa shape index (κ2) is 6.88. The van der Waals surface area contributed by atoms with Gasteiger partial charge < -0.3 is 10.2 Å². The standard InChI is InChI=1S/C14H23N5O3S/c20-14(15-6-9-19-8-2-10-23(19,21)22)18-7-1-3-12(11-18)13-4-5-16-17-13/h4-5,12H,1-3,6-11H2,(H,15,20)(H,16,17)/t12-/m1/s1. The van der Waals surface area contributed by atoms with Gasteiger partial charge in [0.1, 0.15) is 0 Å². The quantitative estimate of drug-likeness (QED) is 0.825. The Bertz CT molecular complexity index is 631. The average Bonchev–Trinajstić information content (AvgIpc) is 3.17. The van der Waals surface area contributed by atoms with Crippen LogP contribution in [-0.2, 0) is 10.0 Å². The number of carbonyl (C=O) groups is 1. The van der Waals surface area contributed by atoms with Crippen LogP contribution in [0.1, 0.15) is 30.9 Å². The SMILES string of the molecule is O=C(NCCN1CCCS1(=O)=O)N1CCC[C@@H](c2ccn[nH]2)C1. The molecule has 128 valence electrons. The number of piperidine rings is 1. The van der Waals surface area contributed by atoms with Gasteiger partial charge in [-0.25, -0.2) is 17.5 Å². The second-order valence-corrected chi connectivity index (χ2v) is 8.19. The van der Waals surface area contributed by atoms with Crippen molar-refractivity contribution in [1.29, 1.82) is 0 Å². The lowest BCUT2D eigenvalue weighted by atomic mass is 9.95. The number of likely N-dealkylation sites (tertiary alicyclic amines) is 1. The molecule has 2 amide bonds. The number of amides is 2. The van der Waals surface area contributed by atoms with Gasteiger partial charge in [-0.3, -0.25) is 5.10 Å². The number of rotatable bonds is 4. The molecule has 1 aromatic rings. The minimum absolute atomic E-state index is 0.120. The molecular weight excluding hydrogens is 318 g/mol. The third kappa shape index (κ3) is 3.84. The fourth-order valence-corrected chi connectivity index (χ4v) is 4.78. The minimum Gasteiger partial charge on any atom is -0.337 e. The molecule has 3 rings (SSSR count). The molecule has 3 heterocycles. The maximum absolute atomic E-state index is 12.3. The molecule has 0 radical (unpaired) electrons. The number of sulfonamides is 1. The van der Waals surface area contributed by atoms with Crippen LogP contribution in [0.15, 0.2) is 12.3 Å². The molecular formula is C14H23N5O3S. The highest BCUT2D eigenvalue weighted by atomic mass is 32.2. The highest BCUT2D eigenvalue weighted by molar-refractivity contribution is 7.89. The van der Waals surface area contributed by atoms with Crippen molar-refractivity contribution in [3.63, 3.8) is 0 Å².